The standard InChI is InChI=1S/C17H23N3O/c1-2-17(8-4-5-9-17)13-18-12-14-11-16(21)20-10-6-3-7-15(20)19-14/h3,6-7,10-11,18H,2,4-5,8-9,12-13H2,1H3. The summed E-state index contributed by atoms with van der Waals surface area (Å²) in [6, 6.07) is 7.26. The van der Waals surface area contributed by atoms with Gasteiger partial charge in [0, 0.05) is 25.4 Å². The van der Waals surface area contributed by atoms with E-state index in [1.807, 2.05) is 18.2 Å². The molecule has 1 aliphatic carbocycles. The fourth-order valence-electron chi connectivity index (χ4n) is 3.43. The first kappa shape index (κ1) is 14.3. The van der Waals surface area contributed by atoms with Crippen molar-refractivity contribution >= 4 is 5.65 Å². The predicted molar refractivity (Wildman–Crippen MR) is 84.4 cm³/mol. The van der Waals surface area contributed by atoms with Gasteiger partial charge in [-0.2, -0.15) is 0 Å². The predicted octanol–water partition coefficient (Wildman–Crippen LogP) is 2.75. The van der Waals surface area contributed by atoms with E-state index in [-0.39, 0.29) is 5.56 Å². The third kappa shape index (κ3) is 3.00. The monoisotopic (exact) mass is 285 g/mol. The normalized spacial score (nSPS) is 17.4. The molecule has 2 aromatic rings. The van der Waals surface area contributed by atoms with Crippen LogP contribution in [0.5, 0.6) is 0 Å². The Kier molecular flexibility index (Phi) is 4.06. The van der Waals surface area contributed by atoms with E-state index in [2.05, 4.69) is 17.2 Å². The third-order valence-electron chi connectivity index (χ3n) is 4.84. The summed E-state index contributed by atoms with van der Waals surface area (Å²) in [6.45, 7) is 3.98. The lowest BCUT2D eigenvalue weighted by molar-refractivity contribution is 0.268. The van der Waals surface area contributed by atoms with Crippen molar-refractivity contribution < 1.29 is 0 Å². The van der Waals surface area contributed by atoms with Gasteiger partial charge in [0.05, 0.1) is 5.69 Å². The zero-order valence-corrected chi connectivity index (χ0v) is 12.6. The highest BCUT2D eigenvalue weighted by molar-refractivity contribution is 5.37. The SMILES string of the molecule is CCC1(CNCc2cc(=O)n3ccccc3n2)CCCC1. The number of hydrogen-bond donors (Lipinski definition) is 1. The minimum Gasteiger partial charge on any atom is -0.311 e. The molecule has 0 spiro atoms. The molecule has 1 fully saturated rings. The Labute approximate surface area is 125 Å². The summed E-state index contributed by atoms with van der Waals surface area (Å²) in [5.74, 6) is 0. The summed E-state index contributed by atoms with van der Waals surface area (Å²) < 4.78 is 1.58. The van der Waals surface area contributed by atoms with Crippen LogP contribution in [-0.4, -0.2) is 15.9 Å². The molecular formula is C17H23N3O. The summed E-state index contributed by atoms with van der Waals surface area (Å²) in [5.41, 5.74) is 2.00. The number of nitrogens with zero attached hydrogens (tertiary/aromatic N) is 2. The van der Waals surface area contributed by atoms with Gasteiger partial charge in [-0.05, 0) is 36.8 Å². The molecule has 0 amide bonds. The fraction of sp³-hybridized carbons (Fsp3) is 0.529. The summed E-state index contributed by atoms with van der Waals surface area (Å²) in [4.78, 5) is 16.6. The lowest BCUT2D eigenvalue weighted by atomic mass is 9.83. The van der Waals surface area contributed by atoms with E-state index in [0.29, 0.717) is 17.6 Å². The summed E-state index contributed by atoms with van der Waals surface area (Å²) in [7, 11) is 0. The minimum atomic E-state index is -0.0107. The molecular weight excluding hydrogens is 262 g/mol. The summed E-state index contributed by atoms with van der Waals surface area (Å²) >= 11 is 0. The number of rotatable bonds is 5. The average Bonchev–Trinajstić information content (AvgIpc) is 2.97. The van der Waals surface area contributed by atoms with E-state index in [9.17, 15) is 4.79 Å². The molecule has 0 bridgehead atoms. The molecule has 4 heteroatoms. The van der Waals surface area contributed by atoms with Gasteiger partial charge in [-0.3, -0.25) is 9.20 Å². The number of pyridine rings is 1. The molecule has 112 valence electrons. The second-order valence-electron chi connectivity index (χ2n) is 6.18. The number of aromatic nitrogens is 2. The second kappa shape index (κ2) is 5.98. The average molecular weight is 285 g/mol. The highest BCUT2D eigenvalue weighted by Gasteiger charge is 2.31. The third-order valence-corrected chi connectivity index (χ3v) is 4.84. The van der Waals surface area contributed by atoms with E-state index in [0.717, 1.165) is 12.2 Å². The van der Waals surface area contributed by atoms with Gasteiger partial charge in [-0.25, -0.2) is 4.98 Å². The van der Waals surface area contributed by atoms with Crippen molar-refractivity contribution in [2.75, 3.05) is 6.54 Å². The lowest BCUT2D eigenvalue weighted by Crippen LogP contribution is -2.32. The molecule has 0 radical (unpaired) electrons. The molecule has 1 N–H and O–H groups in total. The van der Waals surface area contributed by atoms with Crippen molar-refractivity contribution in [3.8, 4) is 0 Å². The largest absolute Gasteiger partial charge is 0.311 e. The van der Waals surface area contributed by atoms with E-state index < -0.39 is 0 Å². The molecule has 3 rings (SSSR count). The molecule has 1 aliphatic rings. The van der Waals surface area contributed by atoms with Gasteiger partial charge in [-0.1, -0.05) is 25.8 Å². The van der Waals surface area contributed by atoms with Crippen LogP contribution in [0.25, 0.3) is 5.65 Å². The van der Waals surface area contributed by atoms with Crippen LogP contribution >= 0.6 is 0 Å². The van der Waals surface area contributed by atoms with Crippen molar-refractivity contribution in [3.63, 3.8) is 0 Å². The summed E-state index contributed by atoms with van der Waals surface area (Å²) in [5, 5.41) is 3.52. The Bertz CT molecular complexity index is 671. The van der Waals surface area contributed by atoms with E-state index in [1.165, 1.54) is 32.1 Å². The maximum Gasteiger partial charge on any atom is 0.258 e. The summed E-state index contributed by atoms with van der Waals surface area (Å²) in [6.07, 6.45) is 8.34. The smallest absolute Gasteiger partial charge is 0.258 e. The van der Waals surface area contributed by atoms with Gasteiger partial charge >= 0.3 is 0 Å². The van der Waals surface area contributed by atoms with Crippen LogP contribution in [0.1, 0.15) is 44.7 Å². The Morgan fingerprint density at radius 3 is 2.90 bits per heavy atom. The van der Waals surface area contributed by atoms with Crippen LogP contribution in [0.4, 0.5) is 0 Å². The zero-order valence-electron chi connectivity index (χ0n) is 12.6. The zero-order chi connectivity index (χ0) is 14.7. The number of nitrogens with one attached hydrogen (secondary N) is 1. The van der Waals surface area contributed by atoms with Crippen LogP contribution in [-0.2, 0) is 6.54 Å². The van der Waals surface area contributed by atoms with E-state index >= 15 is 0 Å². The van der Waals surface area contributed by atoms with Crippen molar-refractivity contribution in [3.05, 3.63) is 46.5 Å². The highest BCUT2D eigenvalue weighted by Crippen LogP contribution is 2.40. The van der Waals surface area contributed by atoms with Gasteiger partial charge in [0.2, 0.25) is 0 Å². The lowest BCUT2D eigenvalue weighted by Gasteiger charge is -2.27. The number of hydrogen-bond acceptors (Lipinski definition) is 3. The van der Waals surface area contributed by atoms with E-state index in [4.69, 9.17) is 0 Å². The minimum absolute atomic E-state index is 0.0107. The second-order valence-corrected chi connectivity index (χ2v) is 6.18. The quantitative estimate of drug-likeness (QED) is 0.919. The molecule has 1 saturated carbocycles. The molecule has 0 atom stereocenters. The van der Waals surface area contributed by atoms with Gasteiger partial charge < -0.3 is 5.32 Å². The molecule has 2 aromatic heterocycles. The number of fused-ring (bicyclic) bond motifs is 1. The van der Waals surface area contributed by atoms with Crippen molar-refractivity contribution in [1.82, 2.24) is 14.7 Å². The molecule has 0 unspecified atom stereocenters. The van der Waals surface area contributed by atoms with Crippen molar-refractivity contribution in [1.29, 1.82) is 0 Å². The first-order valence-electron chi connectivity index (χ1n) is 7.90. The highest BCUT2D eigenvalue weighted by atomic mass is 16.1. The van der Waals surface area contributed by atoms with Crippen molar-refractivity contribution in [2.24, 2.45) is 5.41 Å². The van der Waals surface area contributed by atoms with E-state index in [1.54, 1.807) is 16.7 Å². The van der Waals surface area contributed by atoms with Gasteiger partial charge in [0.15, 0.2) is 0 Å². The maximum absolute atomic E-state index is 12.0. The molecule has 4 nitrogen and oxygen atoms in total. The Balaban J connectivity index is 1.69. The van der Waals surface area contributed by atoms with Crippen LogP contribution in [0.2, 0.25) is 0 Å². The molecule has 0 saturated heterocycles. The van der Waals surface area contributed by atoms with Crippen molar-refractivity contribution in [2.45, 2.75) is 45.6 Å². The van der Waals surface area contributed by atoms with Gasteiger partial charge in [-0.15, -0.1) is 0 Å². The molecule has 21 heavy (non-hydrogen) atoms. The molecule has 0 aromatic carbocycles. The van der Waals surface area contributed by atoms with Gasteiger partial charge in [0.1, 0.15) is 5.65 Å². The maximum atomic E-state index is 12.0. The first-order chi connectivity index (χ1) is 10.2. The Morgan fingerprint density at radius 1 is 1.33 bits per heavy atom. The van der Waals surface area contributed by atoms with Gasteiger partial charge in [0.25, 0.3) is 5.56 Å². The molecule has 2 heterocycles. The fourth-order valence-corrected chi connectivity index (χ4v) is 3.43. The van der Waals surface area contributed by atoms with Crippen LogP contribution in [0.15, 0.2) is 35.3 Å². The molecule has 0 aliphatic heterocycles. The van der Waals surface area contributed by atoms with Crippen LogP contribution < -0.4 is 10.9 Å². The Hall–Kier alpha value is -1.68. The first-order valence-corrected chi connectivity index (χ1v) is 7.90. The topological polar surface area (TPSA) is 46.4 Å². The van der Waals surface area contributed by atoms with Crippen LogP contribution in [0.3, 0.4) is 0 Å². The Morgan fingerprint density at radius 2 is 2.14 bits per heavy atom. The van der Waals surface area contributed by atoms with Crippen LogP contribution in [0, 0.1) is 5.41 Å².